The molecule has 0 saturated carbocycles. The third-order valence-corrected chi connectivity index (χ3v) is 6.39. The first kappa shape index (κ1) is 18.2. The molecule has 4 aromatic rings. The second-order valence-electron chi connectivity index (χ2n) is 8.17. The summed E-state index contributed by atoms with van der Waals surface area (Å²) >= 11 is 0. The van der Waals surface area contributed by atoms with Crippen LogP contribution in [0.2, 0.25) is 0 Å². The van der Waals surface area contributed by atoms with Crippen LogP contribution < -0.4 is 0 Å². The van der Waals surface area contributed by atoms with E-state index in [1.165, 1.54) is 51.8 Å². The maximum absolute atomic E-state index is 4.21. The number of nitrogens with zero attached hydrogens (tertiary/aromatic N) is 3. The minimum absolute atomic E-state index is 0.635. The molecule has 1 aromatic carbocycles. The number of H-pyrrole nitrogens is 3. The number of hydrogen-bond acceptors (Lipinski definition) is 3. The van der Waals surface area contributed by atoms with E-state index in [0.29, 0.717) is 5.92 Å². The van der Waals surface area contributed by atoms with E-state index in [-0.39, 0.29) is 0 Å². The Morgan fingerprint density at radius 3 is 2.72 bits per heavy atom. The normalized spacial score (nSPS) is 16.1. The Hall–Kier alpha value is -2.86. The fraction of sp³-hybridized carbons (Fsp3) is 0.391. The summed E-state index contributed by atoms with van der Waals surface area (Å²) in [4.78, 5) is 13.5. The number of imidazole rings is 1. The molecule has 0 bridgehead atoms. The fourth-order valence-electron chi connectivity index (χ4n) is 4.76. The van der Waals surface area contributed by atoms with Crippen molar-refractivity contribution in [3.63, 3.8) is 0 Å². The molecule has 1 saturated heterocycles. The van der Waals surface area contributed by atoms with Crippen LogP contribution in [0.4, 0.5) is 0 Å². The SMILES string of the molecule is CCc1c(-c2cn[nH]c2C)[nH]c2ccc(C3CCN(Cc4cnc[nH]4)CC3)cc12. The van der Waals surface area contributed by atoms with Gasteiger partial charge in [-0.05, 0) is 68.5 Å². The third-order valence-electron chi connectivity index (χ3n) is 6.39. The Bertz CT molecular complexity index is 1100. The number of benzene rings is 1. The molecule has 6 heteroatoms. The van der Waals surface area contributed by atoms with E-state index in [0.717, 1.165) is 31.7 Å². The molecule has 0 radical (unpaired) electrons. The van der Waals surface area contributed by atoms with Crippen LogP contribution in [0, 0.1) is 6.92 Å². The molecular formula is C23H28N6. The van der Waals surface area contributed by atoms with Gasteiger partial charge < -0.3 is 9.97 Å². The average Bonchev–Trinajstić information content (AvgIpc) is 3.47. The zero-order valence-electron chi connectivity index (χ0n) is 17.1. The number of fused-ring (bicyclic) bond motifs is 1. The minimum atomic E-state index is 0.635. The first-order chi connectivity index (χ1) is 14.2. The standard InChI is InChI=1S/C23H28N6/c1-3-19-20-10-17(4-5-22(20)27-23(19)21-12-26-28-15(21)2)16-6-8-29(9-7-16)13-18-11-24-14-25-18/h4-5,10-12,14,16,27H,3,6-9,13H2,1-2H3,(H,24,25)(H,26,28). The lowest BCUT2D eigenvalue weighted by Crippen LogP contribution is -2.32. The molecular weight excluding hydrogens is 360 g/mol. The Balaban J connectivity index is 1.38. The zero-order valence-corrected chi connectivity index (χ0v) is 17.1. The van der Waals surface area contributed by atoms with Crippen LogP contribution in [0.3, 0.4) is 0 Å². The van der Waals surface area contributed by atoms with Gasteiger partial charge in [0.2, 0.25) is 0 Å². The van der Waals surface area contributed by atoms with Crippen molar-refractivity contribution in [3.05, 3.63) is 59.4 Å². The number of aromatic nitrogens is 5. The molecule has 0 aliphatic carbocycles. The number of likely N-dealkylation sites (tertiary alicyclic amines) is 1. The van der Waals surface area contributed by atoms with Crippen LogP contribution in [0.15, 0.2) is 36.9 Å². The number of piperidine rings is 1. The van der Waals surface area contributed by atoms with Crippen LogP contribution in [0.1, 0.15) is 48.2 Å². The highest BCUT2D eigenvalue weighted by Gasteiger charge is 2.22. The van der Waals surface area contributed by atoms with Gasteiger partial charge in [-0.25, -0.2) is 4.98 Å². The average molecular weight is 389 g/mol. The Morgan fingerprint density at radius 2 is 2.03 bits per heavy atom. The van der Waals surface area contributed by atoms with E-state index in [9.17, 15) is 0 Å². The third kappa shape index (κ3) is 3.38. The highest BCUT2D eigenvalue weighted by molar-refractivity contribution is 5.91. The summed E-state index contributed by atoms with van der Waals surface area (Å²) in [5.74, 6) is 0.635. The first-order valence-corrected chi connectivity index (χ1v) is 10.6. The van der Waals surface area contributed by atoms with Crippen LogP contribution in [0.5, 0.6) is 0 Å². The van der Waals surface area contributed by atoms with Crippen molar-refractivity contribution < 1.29 is 0 Å². The Labute approximate surface area is 170 Å². The summed E-state index contributed by atoms with van der Waals surface area (Å²) in [7, 11) is 0. The molecule has 150 valence electrons. The number of hydrogen-bond donors (Lipinski definition) is 3. The van der Waals surface area contributed by atoms with Crippen molar-refractivity contribution in [2.75, 3.05) is 13.1 Å². The molecule has 1 aliphatic rings. The van der Waals surface area contributed by atoms with Crippen molar-refractivity contribution in [3.8, 4) is 11.3 Å². The van der Waals surface area contributed by atoms with Gasteiger partial charge in [0.05, 0.1) is 18.2 Å². The molecule has 3 N–H and O–H groups in total. The van der Waals surface area contributed by atoms with Gasteiger partial charge in [-0.15, -0.1) is 0 Å². The second kappa shape index (κ2) is 7.52. The summed E-state index contributed by atoms with van der Waals surface area (Å²) in [6.07, 6.45) is 9.04. The van der Waals surface area contributed by atoms with Crippen molar-refractivity contribution in [2.45, 2.75) is 45.6 Å². The van der Waals surface area contributed by atoms with Crippen molar-refractivity contribution in [1.82, 2.24) is 30.0 Å². The monoisotopic (exact) mass is 388 g/mol. The number of nitrogens with one attached hydrogen (secondary N) is 3. The molecule has 0 unspecified atom stereocenters. The molecule has 5 rings (SSSR count). The van der Waals surface area contributed by atoms with Crippen molar-refractivity contribution >= 4 is 10.9 Å². The maximum Gasteiger partial charge on any atom is 0.0922 e. The number of aromatic amines is 3. The van der Waals surface area contributed by atoms with Crippen LogP contribution >= 0.6 is 0 Å². The molecule has 6 nitrogen and oxygen atoms in total. The summed E-state index contributed by atoms with van der Waals surface area (Å²) in [5.41, 5.74) is 8.78. The Kier molecular flexibility index (Phi) is 4.72. The molecule has 0 spiro atoms. The van der Waals surface area contributed by atoms with Gasteiger partial charge in [-0.2, -0.15) is 5.10 Å². The van der Waals surface area contributed by atoms with Crippen LogP contribution in [0.25, 0.3) is 22.2 Å². The van der Waals surface area contributed by atoms with Gasteiger partial charge in [0.1, 0.15) is 0 Å². The lowest BCUT2D eigenvalue weighted by molar-refractivity contribution is 0.203. The fourth-order valence-corrected chi connectivity index (χ4v) is 4.76. The number of rotatable bonds is 5. The molecule has 3 aromatic heterocycles. The molecule has 1 fully saturated rings. The second-order valence-corrected chi connectivity index (χ2v) is 8.17. The molecule has 0 amide bonds. The van der Waals surface area contributed by atoms with Crippen molar-refractivity contribution in [2.24, 2.45) is 0 Å². The van der Waals surface area contributed by atoms with E-state index < -0.39 is 0 Å². The molecule has 0 atom stereocenters. The van der Waals surface area contributed by atoms with Gasteiger partial charge in [-0.1, -0.05) is 13.0 Å². The van der Waals surface area contributed by atoms with E-state index in [4.69, 9.17) is 0 Å². The molecule has 29 heavy (non-hydrogen) atoms. The molecule has 1 aliphatic heterocycles. The predicted molar refractivity (Wildman–Crippen MR) is 116 cm³/mol. The topological polar surface area (TPSA) is 76.4 Å². The maximum atomic E-state index is 4.21. The Morgan fingerprint density at radius 1 is 1.17 bits per heavy atom. The molecule has 4 heterocycles. The van der Waals surface area contributed by atoms with Gasteiger partial charge in [0, 0.05) is 40.6 Å². The summed E-state index contributed by atoms with van der Waals surface area (Å²) < 4.78 is 0. The van der Waals surface area contributed by atoms with Gasteiger partial charge in [-0.3, -0.25) is 10.00 Å². The quantitative estimate of drug-likeness (QED) is 0.470. The minimum Gasteiger partial charge on any atom is -0.354 e. The lowest BCUT2D eigenvalue weighted by Gasteiger charge is -2.31. The summed E-state index contributed by atoms with van der Waals surface area (Å²) in [6.45, 7) is 7.55. The largest absolute Gasteiger partial charge is 0.354 e. The van der Waals surface area contributed by atoms with Gasteiger partial charge >= 0.3 is 0 Å². The van der Waals surface area contributed by atoms with Crippen LogP contribution in [-0.4, -0.2) is 43.1 Å². The van der Waals surface area contributed by atoms with E-state index >= 15 is 0 Å². The highest BCUT2D eigenvalue weighted by atomic mass is 15.1. The smallest absolute Gasteiger partial charge is 0.0922 e. The zero-order chi connectivity index (χ0) is 19.8. The van der Waals surface area contributed by atoms with Crippen molar-refractivity contribution in [1.29, 1.82) is 0 Å². The first-order valence-electron chi connectivity index (χ1n) is 10.6. The number of aryl methyl sites for hydroxylation is 2. The van der Waals surface area contributed by atoms with E-state index in [1.807, 2.05) is 12.4 Å². The lowest BCUT2D eigenvalue weighted by atomic mass is 9.88. The summed E-state index contributed by atoms with van der Waals surface area (Å²) in [6, 6.07) is 7.01. The van der Waals surface area contributed by atoms with E-state index in [2.05, 4.69) is 62.1 Å². The van der Waals surface area contributed by atoms with Gasteiger partial charge in [0.25, 0.3) is 0 Å². The highest BCUT2D eigenvalue weighted by Crippen LogP contribution is 2.35. The summed E-state index contributed by atoms with van der Waals surface area (Å²) in [5, 5.41) is 8.64. The predicted octanol–water partition coefficient (Wildman–Crippen LogP) is 4.53. The van der Waals surface area contributed by atoms with Gasteiger partial charge in [0.15, 0.2) is 0 Å². The van der Waals surface area contributed by atoms with E-state index in [1.54, 1.807) is 6.33 Å². The van der Waals surface area contributed by atoms with Crippen LogP contribution in [-0.2, 0) is 13.0 Å².